The minimum absolute atomic E-state index is 0.0206. The first-order valence-electron chi connectivity index (χ1n) is 33.6. The van der Waals surface area contributed by atoms with E-state index in [2.05, 4.69) is 31.3 Å². The number of hydrogen-bond acceptors (Lipinski definition) is 5. The summed E-state index contributed by atoms with van der Waals surface area (Å²) in [7, 11) is 0. The number of nitrogens with one attached hydrogen (secondary N) is 1. The second-order valence-corrected chi connectivity index (χ2v) is 23.2. The quantitative estimate of drug-likeness (QED) is 0.0320. The molecule has 0 bridgehead atoms. The molecule has 0 aliphatic rings. The number of ether oxygens (including phenoxy) is 1. The zero-order valence-electron chi connectivity index (χ0n) is 50.1. The molecule has 74 heavy (non-hydrogen) atoms. The van der Waals surface area contributed by atoms with E-state index in [1.807, 2.05) is 6.08 Å². The maximum atomic E-state index is 12.4. The lowest BCUT2D eigenvalue weighted by molar-refractivity contribution is -0.143. The summed E-state index contributed by atoms with van der Waals surface area (Å²) in [5.74, 6) is -0.0446. The van der Waals surface area contributed by atoms with Crippen LogP contribution in [0.4, 0.5) is 0 Å². The summed E-state index contributed by atoms with van der Waals surface area (Å²) in [6, 6.07) is -0.624. The van der Waals surface area contributed by atoms with Crippen molar-refractivity contribution in [2.24, 2.45) is 0 Å². The third kappa shape index (κ3) is 59.6. The van der Waals surface area contributed by atoms with Crippen LogP contribution >= 0.6 is 0 Å². The van der Waals surface area contributed by atoms with E-state index in [0.29, 0.717) is 19.4 Å². The van der Waals surface area contributed by atoms with Crippen LogP contribution in [0.5, 0.6) is 0 Å². The van der Waals surface area contributed by atoms with Crippen LogP contribution in [0.2, 0.25) is 0 Å². The van der Waals surface area contributed by atoms with Gasteiger partial charge in [-0.1, -0.05) is 327 Å². The molecular formula is C68H131NO5. The second kappa shape index (κ2) is 63.9. The third-order valence-electron chi connectivity index (χ3n) is 15.7. The number of esters is 1. The molecule has 0 aliphatic heterocycles. The number of unbranched alkanes of at least 4 members (excludes halogenated alkanes) is 50. The summed E-state index contributed by atoms with van der Waals surface area (Å²) in [4.78, 5) is 24.5. The first-order chi connectivity index (χ1) is 36.5. The molecule has 0 aromatic carbocycles. The highest BCUT2D eigenvalue weighted by atomic mass is 16.5. The Kier molecular flexibility index (Phi) is 62.4. The molecule has 0 saturated heterocycles. The maximum Gasteiger partial charge on any atom is 0.305 e. The zero-order valence-corrected chi connectivity index (χ0v) is 50.1. The molecule has 0 rings (SSSR count). The Morgan fingerprint density at radius 3 is 0.959 bits per heavy atom. The van der Waals surface area contributed by atoms with Crippen molar-refractivity contribution in [1.29, 1.82) is 0 Å². The molecule has 0 heterocycles. The molecule has 2 atom stereocenters. The molecule has 0 fully saturated rings. The summed E-state index contributed by atoms with van der Waals surface area (Å²) in [6.07, 6.45) is 79.7. The van der Waals surface area contributed by atoms with Gasteiger partial charge in [0.05, 0.1) is 25.4 Å². The number of aliphatic hydroxyl groups excluding tert-OH is 2. The molecule has 0 spiro atoms. The summed E-state index contributed by atoms with van der Waals surface area (Å²) < 4.78 is 5.49. The highest BCUT2D eigenvalue weighted by Gasteiger charge is 2.18. The minimum atomic E-state index is -0.840. The fourth-order valence-electron chi connectivity index (χ4n) is 10.6. The van der Waals surface area contributed by atoms with Gasteiger partial charge in [-0.25, -0.2) is 0 Å². The Balaban J connectivity index is 3.34. The van der Waals surface area contributed by atoms with E-state index in [-0.39, 0.29) is 18.5 Å². The summed E-state index contributed by atoms with van der Waals surface area (Å²) in [6.45, 7) is 4.92. The van der Waals surface area contributed by atoms with Crippen molar-refractivity contribution in [2.75, 3.05) is 13.2 Å². The predicted octanol–water partition coefficient (Wildman–Crippen LogP) is 21.4. The third-order valence-corrected chi connectivity index (χ3v) is 15.7. The fourth-order valence-corrected chi connectivity index (χ4v) is 10.6. The summed E-state index contributed by atoms with van der Waals surface area (Å²) in [5, 5.41) is 23.0. The van der Waals surface area contributed by atoms with E-state index in [1.165, 1.54) is 308 Å². The van der Waals surface area contributed by atoms with Gasteiger partial charge in [0, 0.05) is 12.8 Å². The molecule has 6 nitrogen and oxygen atoms in total. The van der Waals surface area contributed by atoms with Gasteiger partial charge in [-0.15, -0.1) is 0 Å². The van der Waals surface area contributed by atoms with Crippen LogP contribution in [-0.2, 0) is 14.3 Å². The Bertz CT molecular complexity index is 1150. The fraction of sp³-hybridized carbons (Fsp3) is 0.912. The normalized spacial score (nSPS) is 12.6. The Labute approximate surface area is 462 Å². The maximum absolute atomic E-state index is 12.4. The predicted molar refractivity (Wildman–Crippen MR) is 324 cm³/mol. The molecule has 1 amide bonds. The Morgan fingerprint density at radius 2 is 0.635 bits per heavy atom. The lowest BCUT2D eigenvalue weighted by Gasteiger charge is -2.20. The van der Waals surface area contributed by atoms with Gasteiger partial charge in [0.2, 0.25) is 5.91 Å². The van der Waals surface area contributed by atoms with Crippen molar-refractivity contribution in [3.8, 4) is 0 Å². The van der Waals surface area contributed by atoms with Crippen LogP contribution in [0.15, 0.2) is 24.3 Å². The van der Waals surface area contributed by atoms with Gasteiger partial charge in [-0.3, -0.25) is 9.59 Å². The Morgan fingerprint density at radius 1 is 0.365 bits per heavy atom. The largest absolute Gasteiger partial charge is 0.466 e. The highest BCUT2D eigenvalue weighted by Crippen LogP contribution is 2.18. The van der Waals surface area contributed by atoms with E-state index >= 15 is 0 Å². The van der Waals surface area contributed by atoms with Crippen LogP contribution in [0.3, 0.4) is 0 Å². The van der Waals surface area contributed by atoms with Gasteiger partial charge in [-0.2, -0.15) is 0 Å². The molecule has 0 aromatic heterocycles. The van der Waals surface area contributed by atoms with Crippen LogP contribution in [-0.4, -0.2) is 47.4 Å². The van der Waals surface area contributed by atoms with E-state index in [9.17, 15) is 19.8 Å². The second-order valence-electron chi connectivity index (χ2n) is 23.2. The summed E-state index contributed by atoms with van der Waals surface area (Å²) >= 11 is 0. The van der Waals surface area contributed by atoms with Crippen molar-refractivity contribution >= 4 is 11.9 Å². The van der Waals surface area contributed by atoms with Gasteiger partial charge in [0.25, 0.3) is 0 Å². The molecule has 438 valence electrons. The van der Waals surface area contributed by atoms with Crippen molar-refractivity contribution in [1.82, 2.24) is 5.32 Å². The first-order valence-corrected chi connectivity index (χ1v) is 33.6. The molecule has 0 radical (unpaired) electrons. The average molecular weight is 1040 g/mol. The highest BCUT2D eigenvalue weighted by molar-refractivity contribution is 5.76. The number of amides is 1. The SMILES string of the molecule is CCCCCCCCCCC/C=C/C(O)C(CO)NC(=O)CCCCCCCCCCCCCCCCCC/C=C\CCCCCCCCCCCCCCOC(=O)CCCCCCCCCCCCCCCC. The Hall–Kier alpha value is -1.66. The molecule has 6 heteroatoms. The smallest absolute Gasteiger partial charge is 0.305 e. The molecule has 0 saturated carbocycles. The molecule has 2 unspecified atom stereocenters. The van der Waals surface area contributed by atoms with Crippen LogP contribution in [0.1, 0.15) is 373 Å². The number of rotatable bonds is 63. The van der Waals surface area contributed by atoms with Gasteiger partial charge >= 0.3 is 5.97 Å². The molecule has 0 aromatic rings. The monoisotopic (exact) mass is 1040 g/mol. The topological polar surface area (TPSA) is 95.9 Å². The number of allylic oxidation sites excluding steroid dienone is 3. The lowest BCUT2D eigenvalue weighted by atomic mass is 10.0. The van der Waals surface area contributed by atoms with Gasteiger partial charge < -0.3 is 20.3 Å². The van der Waals surface area contributed by atoms with E-state index < -0.39 is 12.1 Å². The van der Waals surface area contributed by atoms with Crippen molar-refractivity contribution in [3.05, 3.63) is 24.3 Å². The number of hydrogen-bond donors (Lipinski definition) is 3. The van der Waals surface area contributed by atoms with Gasteiger partial charge in [0.15, 0.2) is 0 Å². The van der Waals surface area contributed by atoms with Crippen molar-refractivity contribution < 1.29 is 24.5 Å². The average Bonchev–Trinajstić information content (AvgIpc) is 3.40. The van der Waals surface area contributed by atoms with Crippen molar-refractivity contribution in [2.45, 2.75) is 386 Å². The van der Waals surface area contributed by atoms with Crippen molar-refractivity contribution in [3.63, 3.8) is 0 Å². The summed E-state index contributed by atoms with van der Waals surface area (Å²) in [5.41, 5.74) is 0. The van der Waals surface area contributed by atoms with Crippen LogP contribution in [0.25, 0.3) is 0 Å². The van der Waals surface area contributed by atoms with E-state index in [1.54, 1.807) is 6.08 Å². The number of carbonyl (C=O) groups excluding carboxylic acids is 2. The first kappa shape index (κ1) is 72.3. The zero-order chi connectivity index (χ0) is 53.6. The molecular weight excluding hydrogens is 911 g/mol. The number of carbonyl (C=O) groups is 2. The minimum Gasteiger partial charge on any atom is -0.466 e. The van der Waals surface area contributed by atoms with Gasteiger partial charge in [0.1, 0.15) is 0 Å². The van der Waals surface area contributed by atoms with Crippen LogP contribution in [0, 0.1) is 0 Å². The number of aliphatic hydroxyl groups is 2. The van der Waals surface area contributed by atoms with Gasteiger partial charge in [-0.05, 0) is 57.8 Å². The van der Waals surface area contributed by atoms with E-state index in [4.69, 9.17) is 4.74 Å². The van der Waals surface area contributed by atoms with E-state index in [0.717, 1.165) is 38.5 Å². The molecule has 3 N–H and O–H groups in total. The molecule has 0 aliphatic carbocycles. The lowest BCUT2D eigenvalue weighted by Crippen LogP contribution is -2.45. The standard InChI is InChI=1S/C68H131NO5/c1-3-5-7-9-11-13-15-16-38-42-46-50-54-58-62-68(73)74-63-59-55-51-47-43-39-36-34-32-30-28-26-24-22-20-18-17-19-21-23-25-27-29-31-33-35-37-41-45-49-53-57-61-67(72)69-65(64-70)66(71)60-56-52-48-44-40-14-12-10-8-6-4-2/h20,22,56,60,65-66,70-71H,3-19,21,23-55,57-59,61-64H2,1-2H3,(H,69,72)/b22-20-,60-56+. The van der Waals surface area contributed by atoms with Crippen LogP contribution < -0.4 is 5.32 Å².